The molecule has 0 spiro atoms. The molecule has 0 aliphatic rings. The van der Waals surface area contributed by atoms with Crippen molar-refractivity contribution >= 4 is 17.3 Å². The Labute approximate surface area is 112 Å². The number of nitrogens with one attached hydrogen (secondary N) is 2. The zero-order valence-corrected chi connectivity index (χ0v) is 11.2. The second-order valence-electron chi connectivity index (χ2n) is 4.13. The maximum atomic E-state index is 11.8. The molecule has 0 unspecified atom stereocenters. The molecule has 0 aromatic heterocycles. The normalized spacial score (nSPS) is 10.0. The van der Waals surface area contributed by atoms with Gasteiger partial charge in [0.1, 0.15) is 5.69 Å². The van der Waals surface area contributed by atoms with Crippen LogP contribution in [0, 0.1) is 10.1 Å². The van der Waals surface area contributed by atoms with Gasteiger partial charge in [-0.1, -0.05) is 13.3 Å². The van der Waals surface area contributed by atoms with Gasteiger partial charge in [0.15, 0.2) is 0 Å². The number of unbranched alkanes of at least 4 members (excludes halogenated alkanes) is 1. The molecular formula is C13H19N3O3. The maximum absolute atomic E-state index is 11.8. The molecule has 1 rings (SSSR count). The van der Waals surface area contributed by atoms with Crippen molar-refractivity contribution in [1.29, 1.82) is 0 Å². The van der Waals surface area contributed by atoms with Crippen LogP contribution in [0.1, 0.15) is 37.0 Å². The highest BCUT2D eigenvalue weighted by atomic mass is 16.6. The zero-order valence-electron chi connectivity index (χ0n) is 11.2. The summed E-state index contributed by atoms with van der Waals surface area (Å²) in [5.41, 5.74) is 0.659. The molecule has 6 nitrogen and oxygen atoms in total. The van der Waals surface area contributed by atoms with Gasteiger partial charge in [0, 0.05) is 24.7 Å². The lowest BCUT2D eigenvalue weighted by atomic mass is 10.1. The summed E-state index contributed by atoms with van der Waals surface area (Å²) in [6.45, 7) is 5.05. The van der Waals surface area contributed by atoms with Crippen molar-refractivity contribution in [1.82, 2.24) is 5.32 Å². The van der Waals surface area contributed by atoms with Gasteiger partial charge in [0.2, 0.25) is 0 Å². The van der Waals surface area contributed by atoms with Gasteiger partial charge < -0.3 is 10.6 Å². The molecule has 0 aliphatic carbocycles. The highest BCUT2D eigenvalue weighted by molar-refractivity contribution is 5.95. The van der Waals surface area contributed by atoms with Crippen LogP contribution in [0.5, 0.6) is 0 Å². The number of anilines is 1. The van der Waals surface area contributed by atoms with Crippen LogP contribution in [0.25, 0.3) is 0 Å². The first-order chi connectivity index (χ1) is 9.10. The Kier molecular flexibility index (Phi) is 5.78. The summed E-state index contributed by atoms with van der Waals surface area (Å²) in [5, 5.41) is 16.6. The number of amides is 1. The molecule has 19 heavy (non-hydrogen) atoms. The zero-order chi connectivity index (χ0) is 14.3. The van der Waals surface area contributed by atoms with Gasteiger partial charge in [-0.15, -0.1) is 0 Å². The van der Waals surface area contributed by atoms with Crippen molar-refractivity contribution in [3.8, 4) is 0 Å². The molecule has 0 saturated carbocycles. The summed E-state index contributed by atoms with van der Waals surface area (Å²) in [4.78, 5) is 22.3. The van der Waals surface area contributed by atoms with Gasteiger partial charge in [0.25, 0.3) is 11.6 Å². The molecule has 0 heterocycles. The molecule has 1 amide bonds. The number of nitro benzene ring substituents is 1. The predicted octanol–water partition coefficient (Wildman–Crippen LogP) is 2.56. The average Bonchev–Trinajstić information content (AvgIpc) is 2.39. The highest BCUT2D eigenvalue weighted by Gasteiger charge is 2.16. The minimum atomic E-state index is -0.485. The molecule has 104 valence electrons. The molecule has 0 radical (unpaired) electrons. The van der Waals surface area contributed by atoms with Crippen molar-refractivity contribution in [2.24, 2.45) is 0 Å². The fraction of sp³-hybridized carbons (Fsp3) is 0.462. The van der Waals surface area contributed by atoms with Gasteiger partial charge in [-0.3, -0.25) is 14.9 Å². The van der Waals surface area contributed by atoms with E-state index in [9.17, 15) is 14.9 Å². The van der Waals surface area contributed by atoms with Gasteiger partial charge in [0.05, 0.1) is 4.92 Å². The van der Waals surface area contributed by atoms with Crippen LogP contribution in [0.4, 0.5) is 11.4 Å². The fourth-order valence-electron chi connectivity index (χ4n) is 1.64. The van der Waals surface area contributed by atoms with E-state index in [4.69, 9.17) is 0 Å². The second-order valence-corrected chi connectivity index (χ2v) is 4.13. The molecule has 0 aliphatic heterocycles. The molecule has 1 aromatic rings. The molecule has 0 atom stereocenters. The van der Waals surface area contributed by atoms with Crippen molar-refractivity contribution in [3.05, 3.63) is 33.9 Å². The number of hydrogen-bond donors (Lipinski definition) is 2. The molecule has 0 fully saturated rings. The first-order valence-electron chi connectivity index (χ1n) is 6.40. The monoisotopic (exact) mass is 265 g/mol. The summed E-state index contributed by atoms with van der Waals surface area (Å²) in [7, 11) is 0. The minimum Gasteiger partial charge on any atom is -0.380 e. The Balaban J connectivity index is 2.88. The van der Waals surface area contributed by atoms with Crippen molar-refractivity contribution in [2.45, 2.75) is 26.7 Å². The summed E-state index contributed by atoms with van der Waals surface area (Å²) < 4.78 is 0. The molecule has 2 N–H and O–H groups in total. The number of hydrogen-bond acceptors (Lipinski definition) is 4. The number of carbonyl (C=O) groups is 1. The van der Waals surface area contributed by atoms with Crippen LogP contribution in [0.2, 0.25) is 0 Å². The first kappa shape index (κ1) is 14.9. The quantitative estimate of drug-likeness (QED) is 0.451. The number of rotatable bonds is 7. The van der Waals surface area contributed by atoms with Gasteiger partial charge in [-0.05, 0) is 25.5 Å². The van der Waals surface area contributed by atoms with E-state index in [0.29, 0.717) is 24.3 Å². The van der Waals surface area contributed by atoms with Crippen LogP contribution in [-0.4, -0.2) is 23.9 Å². The van der Waals surface area contributed by atoms with Crippen LogP contribution >= 0.6 is 0 Å². The van der Waals surface area contributed by atoms with E-state index in [-0.39, 0.29) is 11.6 Å². The largest absolute Gasteiger partial charge is 0.380 e. The van der Waals surface area contributed by atoms with E-state index in [2.05, 4.69) is 10.6 Å². The Morgan fingerprint density at radius 1 is 1.37 bits per heavy atom. The van der Waals surface area contributed by atoms with Crippen LogP contribution in [0.3, 0.4) is 0 Å². The Morgan fingerprint density at radius 3 is 2.68 bits per heavy atom. The summed E-state index contributed by atoms with van der Waals surface area (Å²) in [5.74, 6) is -0.278. The lowest BCUT2D eigenvalue weighted by Gasteiger charge is -2.07. The molecule has 0 saturated heterocycles. The van der Waals surface area contributed by atoms with Gasteiger partial charge in [-0.25, -0.2) is 0 Å². The van der Waals surface area contributed by atoms with Crippen molar-refractivity contribution in [3.63, 3.8) is 0 Å². The maximum Gasteiger partial charge on any atom is 0.293 e. The summed E-state index contributed by atoms with van der Waals surface area (Å²) >= 11 is 0. The van der Waals surface area contributed by atoms with Crippen molar-refractivity contribution in [2.75, 3.05) is 18.4 Å². The van der Waals surface area contributed by atoms with Gasteiger partial charge >= 0.3 is 0 Å². The van der Waals surface area contributed by atoms with E-state index in [1.165, 1.54) is 6.07 Å². The average molecular weight is 265 g/mol. The SMILES string of the molecule is CCCCNC(=O)c1ccc(NCC)c([N+](=O)[O-])c1. The molecule has 6 heteroatoms. The first-order valence-corrected chi connectivity index (χ1v) is 6.40. The van der Waals surface area contributed by atoms with E-state index < -0.39 is 4.92 Å². The lowest BCUT2D eigenvalue weighted by molar-refractivity contribution is -0.384. The van der Waals surface area contributed by atoms with E-state index in [1.807, 2.05) is 13.8 Å². The third kappa shape index (κ3) is 4.24. The molecule has 0 bridgehead atoms. The van der Waals surface area contributed by atoms with Crippen LogP contribution in [-0.2, 0) is 0 Å². The second kappa shape index (κ2) is 7.35. The summed E-state index contributed by atoms with van der Waals surface area (Å²) in [6, 6.07) is 4.46. The lowest BCUT2D eigenvalue weighted by Crippen LogP contribution is -2.24. The topological polar surface area (TPSA) is 84.3 Å². The fourth-order valence-corrected chi connectivity index (χ4v) is 1.64. The van der Waals surface area contributed by atoms with E-state index in [0.717, 1.165) is 12.8 Å². The van der Waals surface area contributed by atoms with Crippen LogP contribution in [0.15, 0.2) is 18.2 Å². The number of benzene rings is 1. The third-order valence-corrected chi connectivity index (χ3v) is 2.64. The summed E-state index contributed by atoms with van der Waals surface area (Å²) in [6.07, 6.45) is 1.88. The smallest absolute Gasteiger partial charge is 0.293 e. The van der Waals surface area contributed by atoms with Gasteiger partial charge in [-0.2, -0.15) is 0 Å². The van der Waals surface area contributed by atoms with E-state index >= 15 is 0 Å². The number of nitrogens with zero attached hydrogens (tertiary/aromatic N) is 1. The standard InChI is InChI=1S/C13H19N3O3/c1-3-5-8-15-13(17)10-6-7-11(14-4-2)12(9-10)16(18)19/h6-7,9,14H,3-5,8H2,1-2H3,(H,15,17). The molecular weight excluding hydrogens is 246 g/mol. The molecule has 1 aromatic carbocycles. The Hall–Kier alpha value is -2.11. The van der Waals surface area contributed by atoms with E-state index in [1.54, 1.807) is 12.1 Å². The van der Waals surface area contributed by atoms with Crippen LogP contribution < -0.4 is 10.6 Å². The Morgan fingerprint density at radius 2 is 2.11 bits per heavy atom. The Bertz CT molecular complexity index is 460. The third-order valence-electron chi connectivity index (χ3n) is 2.64. The predicted molar refractivity (Wildman–Crippen MR) is 74.5 cm³/mol. The number of nitro groups is 1. The highest BCUT2D eigenvalue weighted by Crippen LogP contribution is 2.25. The van der Waals surface area contributed by atoms with Crippen molar-refractivity contribution < 1.29 is 9.72 Å². The minimum absolute atomic E-state index is 0.0787. The number of carbonyl (C=O) groups excluding carboxylic acids is 1.